The van der Waals surface area contributed by atoms with Gasteiger partial charge in [0.2, 0.25) is 0 Å². The van der Waals surface area contributed by atoms with E-state index in [0.29, 0.717) is 5.82 Å². The molecule has 12 rings (SSSR count). The second-order valence-electron chi connectivity index (χ2n) is 15.4. The van der Waals surface area contributed by atoms with Crippen molar-refractivity contribution in [2.45, 2.75) is 0 Å². The summed E-state index contributed by atoms with van der Waals surface area (Å²) in [4.78, 5) is 10.6. The van der Waals surface area contributed by atoms with E-state index in [1.165, 1.54) is 43.7 Å². The second kappa shape index (κ2) is 13.8. The molecule has 0 aliphatic heterocycles. The van der Waals surface area contributed by atoms with Crippen molar-refractivity contribution in [3.05, 3.63) is 218 Å². The minimum Gasteiger partial charge on any atom is -0.309 e. The van der Waals surface area contributed by atoms with Crippen LogP contribution in [0.25, 0.3) is 111 Å². The Bertz CT molecular complexity index is 3570. The monoisotopic (exact) mass is 764 g/mol. The van der Waals surface area contributed by atoms with E-state index >= 15 is 0 Å². The third kappa shape index (κ3) is 5.46. The molecule has 0 spiro atoms. The number of rotatable bonds is 6. The first-order valence-electron chi connectivity index (χ1n) is 20.4. The fraction of sp³-hybridized carbons (Fsp3) is 0. The summed E-state index contributed by atoms with van der Waals surface area (Å²) in [6.07, 6.45) is 0. The predicted molar refractivity (Wildman–Crippen MR) is 250 cm³/mol. The maximum absolute atomic E-state index is 5.34. The number of para-hydroxylation sites is 3. The van der Waals surface area contributed by atoms with Gasteiger partial charge in [-0.05, 0) is 65.0 Å². The molecule has 280 valence electrons. The van der Waals surface area contributed by atoms with Crippen molar-refractivity contribution in [3.63, 3.8) is 0 Å². The highest BCUT2D eigenvalue weighted by molar-refractivity contribution is 6.26. The Morgan fingerprint density at radius 1 is 0.317 bits per heavy atom. The minimum atomic E-state index is 0.679. The predicted octanol–water partition coefficient (Wildman–Crippen LogP) is 14.5. The largest absolute Gasteiger partial charge is 0.309 e. The number of hydrogen-bond donors (Lipinski definition) is 0. The van der Waals surface area contributed by atoms with Crippen molar-refractivity contribution in [1.29, 1.82) is 0 Å². The summed E-state index contributed by atoms with van der Waals surface area (Å²) in [6.45, 7) is 0. The first-order valence-corrected chi connectivity index (χ1v) is 20.4. The number of benzene rings is 9. The van der Waals surface area contributed by atoms with Crippen LogP contribution in [-0.4, -0.2) is 19.1 Å². The molecule has 0 radical (unpaired) electrons. The SMILES string of the molecule is c1ccc(-c2ccc(-c3cc(-c4ccccc4)nc(-c4cc(-n5c6ccccc6c6c5ccc5c7ccccc7n(-c7ccccc7)c56)c5ccccc5c4)n3)cc2)cc1. The number of nitrogens with zero attached hydrogens (tertiary/aromatic N) is 4. The van der Waals surface area contributed by atoms with Crippen LogP contribution in [0.3, 0.4) is 0 Å². The number of fused-ring (bicyclic) bond motifs is 8. The molecule has 0 saturated heterocycles. The van der Waals surface area contributed by atoms with Crippen LogP contribution in [0.2, 0.25) is 0 Å². The van der Waals surface area contributed by atoms with Gasteiger partial charge < -0.3 is 9.13 Å². The molecule has 0 unspecified atom stereocenters. The number of aromatic nitrogens is 4. The van der Waals surface area contributed by atoms with E-state index in [1.54, 1.807) is 0 Å². The maximum Gasteiger partial charge on any atom is 0.160 e. The molecule has 60 heavy (non-hydrogen) atoms. The molecule has 4 nitrogen and oxygen atoms in total. The van der Waals surface area contributed by atoms with Crippen LogP contribution in [-0.2, 0) is 0 Å². The van der Waals surface area contributed by atoms with Crippen molar-refractivity contribution < 1.29 is 0 Å². The van der Waals surface area contributed by atoms with Crippen LogP contribution in [0.5, 0.6) is 0 Å². The lowest BCUT2D eigenvalue weighted by atomic mass is 10.0. The molecule has 0 bridgehead atoms. The summed E-state index contributed by atoms with van der Waals surface area (Å²) in [5, 5.41) is 7.18. The average molecular weight is 765 g/mol. The van der Waals surface area contributed by atoms with Gasteiger partial charge in [-0.2, -0.15) is 0 Å². The topological polar surface area (TPSA) is 35.6 Å². The van der Waals surface area contributed by atoms with Gasteiger partial charge in [0.05, 0.1) is 39.1 Å². The fourth-order valence-electron chi connectivity index (χ4n) is 9.16. The van der Waals surface area contributed by atoms with Gasteiger partial charge in [0, 0.05) is 49.3 Å². The number of hydrogen-bond acceptors (Lipinski definition) is 2. The standard InChI is InChI=1S/C56H36N4/c1-4-16-37(17-5-1)38-28-30-40(31-29-38)49-36-48(39-18-6-2-7-19-39)57-56(58-49)42-34-41-20-10-11-23-44(41)53(35-42)60-51-27-15-13-25-47(51)54-52(60)33-32-46-45-24-12-14-26-50(45)59(55(46)54)43-21-8-3-9-22-43/h1-36H. The Hall–Kier alpha value is -8.08. The van der Waals surface area contributed by atoms with Crippen molar-refractivity contribution in [1.82, 2.24) is 19.1 Å². The zero-order valence-corrected chi connectivity index (χ0v) is 32.6. The molecule has 4 heteroatoms. The molecule has 0 saturated carbocycles. The second-order valence-corrected chi connectivity index (χ2v) is 15.4. The molecule has 0 fully saturated rings. The van der Waals surface area contributed by atoms with E-state index in [-0.39, 0.29) is 0 Å². The van der Waals surface area contributed by atoms with Crippen LogP contribution in [0, 0.1) is 0 Å². The summed E-state index contributed by atoms with van der Waals surface area (Å²) in [6, 6.07) is 77.9. The van der Waals surface area contributed by atoms with E-state index in [1.807, 2.05) is 6.07 Å². The van der Waals surface area contributed by atoms with Gasteiger partial charge in [-0.3, -0.25) is 0 Å². The molecule has 12 aromatic rings. The lowest BCUT2D eigenvalue weighted by Crippen LogP contribution is -2.00. The summed E-state index contributed by atoms with van der Waals surface area (Å²) in [7, 11) is 0. The van der Waals surface area contributed by atoms with Crippen molar-refractivity contribution >= 4 is 54.4 Å². The minimum absolute atomic E-state index is 0.679. The van der Waals surface area contributed by atoms with Crippen molar-refractivity contribution in [3.8, 4) is 56.4 Å². The van der Waals surface area contributed by atoms with Crippen LogP contribution in [0.4, 0.5) is 0 Å². The highest BCUT2D eigenvalue weighted by atomic mass is 15.0. The molecule has 9 aromatic carbocycles. The van der Waals surface area contributed by atoms with Gasteiger partial charge in [0.25, 0.3) is 0 Å². The molecule has 3 heterocycles. The van der Waals surface area contributed by atoms with Crippen molar-refractivity contribution in [2.24, 2.45) is 0 Å². The first kappa shape index (κ1) is 34.0. The summed E-state index contributed by atoms with van der Waals surface area (Å²) >= 11 is 0. The molecule has 0 aliphatic rings. The Morgan fingerprint density at radius 3 is 1.57 bits per heavy atom. The molecular weight excluding hydrogens is 729 g/mol. The normalized spacial score (nSPS) is 11.7. The summed E-state index contributed by atoms with van der Waals surface area (Å²) in [5.74, 6) is 0.679. The van der Waals surface area contributed by atoms with E-state index < -0.39 is 0 Å². The van der Waals surface area contributed by atoms with Gasteiger partial charge in [0.15, 0.2) is 5.82 Å². The zero-order valence-electron chi connectivity index (χ0n) is 32.6. The first-order chi connectivity index (χ1) is 29.8. The quantitative estimate of drug-likeness (QED) is 0.169. The van der Waals surface area contributed by atoms with Gasteiger partial charge >= 0.3 is 0 Å². The highest BCUT2D eigenvalue weighted by Crippen LogP contribution is 2.43. The molecule has 0 atom stereocenters. The molecule has 0 aliphatic carbocycles. The van der Waals surface area contributed by atoms with E-state index in [9.17, 15) is 0 Å². The fourth-order valence-corrected chi connectivity index (χ4v) is 9.16. The average Bonchev–Trinajstić information content (AvgIpc) is 3.85. The molecule has 0 amide bonds. The maximum atomic E-state index is 5.34. The van der Waals surface area contributed by atoms with E-state index in [4.69, 9.17) is 9.97 Å². The Kier molecular flexibility index (Phi) is 7.82. The molecule has 0 N–H and O–H groups in total. The van der Waals surface area contributed by atoms with E-state index in [2.05, 4.69) is 221 Å². The Labute approximate surface area is 346 Å². The van der Waals surface area contributed by atoms with Crippen molar-refractivity contribution in [2.75, 3.05) is 0 Å². The smallest absolute Gasteiger partial charge is 0.160 e. The van der Waals surface area contributed by atoms with Gasteiger partial charge in [-0.15, -0.1) is 0 Å². The van der Waals surface area contributed by atoms with Gasteiger partial charge in [-0.25, -0.2) is 9.97 Å². The van der Waals surface area contributed by atoms with Crippen LogP contribution >= 0.6 is 0 Å². The lowest BCUT2D eigenvalue weighted by molar-refractivity contribution is 1.17. The molecular formula is C56H36N4. The van der Waals surface area contributed by atoms with Crippen LogP contribution in [0.1, 0.15) is 0 Å². The summed E-state index contributed by atoms with van der Waals surface area (Å²) in [5.41, 5.74) is 14.1. The highest BCUT2D eigenvalue weighted by Gasteiger charge is 2.22. The van der Waals surface area contributed by atoms with Crippen LogP contribution in [0.15, 0.2) is 218 Å². The van der Waals surface area contributed by atoms with Gasteiger partial charge in [-0.1, -0.05) is 170 Å². The summed E-state index contributed by atoms with van der Waals surface area (Å²) < 4.78 is 4.89. The zero-order chi connectivity index (χ0) is 39.6. The Balaban J connectivity index is 1.12. The third-order valence-corrected chi connectivity index (χ3v) is 11.9. The Morgan fingerprint density at radius 2 is 0.850 bits per heavy atom. The third-order valence-electron chi connectivity index (χ3n) is 11.9. The van der Waals surface area contributed by atoms with Crippen LogP contribution < -0.4 is 0 Å². The lowest BCUT2D eigenvalue weighted by Gasteiger charge is -2.15. The molecule has 3 aromatic heterocycles. The van der Waals surface area contributed by atoms with Gasteiger partial charge in [0.1, 0.15) is 0 Å². The van der Waals surface area contributed by atoms with E-state index in [0.717, 1.165) is 61.3 Å².